The van der Waals surface area contributed by atoms with Gasteiger partial charge in [0, 0.05) is 5.92 Å². The van der Waals surface area contributed by atoms with Crippen LogP contribution in [0.1, 0.15) is 43.7 Å². The van der Waals surface area contributed by atoms with Gasteiger partial charge in [-0.15, -0.1) is 0 Å². The predicted molar refractivity (Wildman–Crippen MR) is 117 cm³/mol. The number of halogens is 3. The Morgan fingerprint density at radius 2 is 1.47 bits per heavy atom. The molecule has 0 radical (unpaired) electrons. The first-order valence-corrected chi connectivity index (χ1v) is 10.8. The van der Waals surface area contributed by atoms with Crippen LogP contribution in [0.25, 0.3) is 11.1 Å². The molecule has 3 N–H and O–H groups in total. The summed E-state index contributed by atoms with van der Waals surface area (Å²) in [6, 6.07) is 11.9. The van der Waals surface area contributed by atoms with Crippen molar-refractivity contribution in [2.45, 2.75) is 50.4 Å². The second-order valence-corrected chi connectivity index (χ2v) is 8.03. The van der Waals surface area contributed by atoms with Crippen molar-refractivity contribution in [3.05, 3.63) is 59.7 Å². The lowest BCUT2D eigenvalue weighted by Crippen LogP contribution is -2.62. The SMILES string of the molecule is CCC(CC)(NC(=O)C(NC(=O)OCC1c2ccccc2-c2ccccc21)C(F)(F)F)C(=O)O. The second kappa shape index (κ2) is 9.74. The van der Waals surface area contributed by atoms with Crippen LogP contribution in [0.4, 0.5) is 18.0 Å². The summed E-state index contributed by atoms with van der Waals surface area (Å²) in [7, 11) is 0. The summed E-state index contributed by atoms with van der Waals surface area (Å²) in [5.41, 5.74) is 1.76. The number of aliphatic carboxylic acids is 1. The fourth-order valence-electron chi connectivity index (χ4n) is 4.14. The maximum absolute atomic E-state index is 13.6. The molecule has 0 saturated heterocycles. The average Bonchev–Trinajstić information content (AvgIpc) is 3.12. The van der Waals surface area contributed by atoms with Gasteiger partial charge in [0.05, 0.1) is 0 Å². The van der Waals surface area contributed by atoms with Crippen LogP contribution < -0.4 is 10.6 Å². The van der Waals surface area contributed by atoms with Gasteiger partial charge in [0.25, 0.3) is 5.91 Å². The Bertz CT molecular complexity index is 1040. The third-order valence-corrected chi connectivity index (χ3v) is 6.17. The number of hydrogen-bond donors (Lipinski definition) is 3. The molecule has 1 atom stereocenters. The van der Waals surface area contributed by atoms with Crippen molar-refractivity contribution in [1.29, 1.82) is 0 Å². The molecule has 34 heavy (non-hydrogen) atoms. The molecular weight excluding hydrogens is 453 g/mol. The first-order valence-electron chi connectivity index (χ1n) is 10.8. The zero-order chi connectivity index (χ0) is 25.1. The van der Waals surface area contributed by atoms with E-state index in [1.54, 1.807) is 5.32 Å². The number of carboxylic acid groups (broad SMARTS) is 1. The van der Waals surface area contributed by atoms with E-state index in [0.29, 0.717) is 0 Å². The van der Waals surface area contributed by atoms with E-state index in [1.807, 2.05) is 53.8 Å². The molecule has 2 amide bonds. The molecule has 1 unspecified atom stereocenters. The molecule has 7 nitrogen and oxygen atoms in total. The Hall–Kier alpha value is -3.56. The fourth-order valence-corrected chi connectivity index (χ4v) is 4.14. The second-order valence-electron chi connectivity index (χ2n) is 8.03. The highest BCUT2D eigenvalue weighted by Crippen LogP contribution is 2.44. The van der Waals surface area contributed by atoms with Crippen LogP contribution in [-0.4, -0.2) is 47.4 Å². The number of amides is 2. The zero-order valence-corrected chi connectivity index (χ0v) is 18.6. The van der Waals surface area contributed by atoms with Crippen LogP contribution in [-0.2, 0) is 14.3 Å². The third kappa shape index (κ3) is 4.85. The van der Waals surface area contributed by atoms with E-state index in [0.717, 1.165) is 22.3 Å². The number of alkyl carbamates (subject to hydrolysis) is 1. The molecule has 3 rings (SSSR count). The van der Waals surface area contributed by atoms with E-state index < -0.39 is 35.7 Å². The van der Waals surface area contributed by atoms with E-state index in [2.05, 4.69) is 0 Å². The van der Waals surface area contributed by atoms with Crippen molar-refractivity contribution in [3.63, 3.8) is 0 Å². The Balaban J connectivity index is 1.73. The lowest BCUT2D eigenvalue weighted by atomic mass is 9.92. The van der Waals surface area contributed by atoms with Crippen molar-refractivity contribution < 1.29 is 37.4 Å². The molecule has 1 aliphatic rings. The number of fused-ring (bicyclic) bond motifs is 3. The van der Waals surface area contributed by atoms with Gasteiger partial charge in [-0.25, -0.2) is 9.59 Å². The van der Waals surface area contributed by atoms with Gasteiger partial charge in [0.2, 0.25) is 6.04 Å². The smallest absolute Gasteiger partial charge is 0.417 e. The summed E-state index contributed by atoms with van der Waals surface area (Å²) >= 11 is 0. The summed E-state index contributed by atoms with van der Waals surface area (Å²) in [4.78, 5) is 36.2. The average molecular weight is 478 g/mol. The van der Waals surface area contributed by atoms with Crippen LogP contribution in [0.3, 0.4) is 0 Å². The Morgan fingerprint density at radius 3 is 1.91 bits per heavy atom. The summed E-state index contributed by atoms with van der Waals surface area (Å²) in [5.74, 6) is -3.52. The molecule has 0 spiro atoms. The normalized spacial score (nSPS) is 14.0. The van der Waals surface area contributed by atoms with Crippen molar-refractivity contribution in [2.75, 3.05) is 6.61 Å². The molecular formula is C24H25F3N2O5. The molecule has 2 aromatic carbocycles. The van der Waals surface area contributed by atoms with E-state index in [9.17, 15) is 32.7 Å². The van der Waals surface area contributed by atoms with Crippen molar-refractivity contribution in [3.8, 4) is 11.1 Å². The van der Waals surface area contributed by atoms with E-state index in [4.69, 9.17) is 4.74 Å². The van der Waals surface area contributed by atoms with Gasteiger partial charge in [0.1, 0.15) is 12.1 Å². The van der Waals surface area contributed by atoms with E-state index >= 15 is 0 Å². The topological polar surface area (TPSA) is 105 Å². The molecule has 0 aliphatic heterocycles. The number of nitrogens with one attached hydrogen (secondary N) is 2. The van der Waals surface area contributed by atoms with Crippen LogP contribution in [0.5, 0.6) is 0 Å². The fraction of sp³-hybridized carbons (Fsp3) is 0.375. The van der Waals surface area contributed by atoms with Crippen LogP contribution in [0.2, 0.25) is 0 Å². The highest BCUT2D eigenvalue weighted by molar-refractivity contribution is 5.92. The summed E-state index contributed by atoms with van der Waals surface area (Å²) in [6.07, 6.45) is -6.88. The standard InChI is InChI=1S/C24H25F3N2O5/c1-3-23(4-2,21(31)32)29-20(30)19(24(25,26)27)28-22(33)34-13-18-16-11-7-5-9-14(16)15-10-6-8-12-17(15)18/h5-12,18-19H,3-4,13H2,1-2H3,(H,28,33)(H,29,30)(H,31,32). The summed E-state index contributed by atoms with van der Waals surface area (Å²) in [5, 5.41) is 12.9. The van der Waals surface area contributed by atoms with Crippen LogP contribution in [0.15, 0.2) is 48.5 Å². The number of ether oxygens (including phenoxy) is 1. The quantitative estimate of drug-likeness (QED) is 0.527. The van der Waals surface area contributed by atoms with Gasteiger partial charge in [-0.1, -0.05) is 62.4 Å². The molecule has 1 aliphatic carbocycles. The number of hydrogen-bond acceptors (Lipinski definition) is 4. The number of carboxylic acids is 1. The van der Waals surface area contributed by atoms with Crippen molar-refractivity contribution in [1.82, 2.24) is 10.6 Å². The Kier molecular flexibility index (Phi) is 7.18. The number of carbonyl (C=O) groups excluding carboxylic acids is 2. The zero-order valence-electron chi connectivity index (χ0n) is 18.6. The van der Waals surface area contributed by atoms with E-state index in [-0.39, 0.29) is 25.4 Å². The van der Waals surface area contributed by atoms with Crippen LogP contribution in [0, 0.1) is 0 Å². The van der Waals surface area contributed by atoms with Gasteiger partial charge in [0.15, 0.2) is 0 Å². The number of rotatable bonds is 8. The molecule has 10 heteroatoms. The van der Waals surface area contributed by atoms with Gasteiger partial charge >= 0.3 is 18.2 Å². The number of carbonyl (C=O) groups is 3. The largest absolute Gasteiger partial charge is 0.480 e. The lowest BCUT2D eigenvalue weighted by molar-refractivity contribution is -0.171. The van der Waals surface area contributed by atoms with Crippen LogP contribution >= 0.6 is 0 Å². The highest BCUT2D eigenvalue weighted by Gasteiger charge is 2.49. The maximum atomic E-state index is 13.6. The number of alkyl halides is 3. The predicted octanol–water partition coefficient (Wildman–Crippen LogP) is 4.22. The monoisotopic (exact) mass is 478 g/mol. The van der Waals surface area contributed by atoms with Crippen molar-refractivity contribution in [2.24, 2.45) is 0 Å². The summed E-state index contributed by atoms with van der Waals surface area (Å²) < 4.78 is 45.8. The molecule has 182 valence electrons. The minimum Gasteiger partial charge on any atom is -0.480 e. The molecule has 0 aromatic heterocycles. The summed E-state index contributed by atoms with van der Waals surface area (Å²) in [6.45, 7) is 2.62. The lowest BCUT2D eigenvalue weighted by Gasteiger charge is -2.30. The van der Waals surface area contributed by atoms with Crippen molar-refractivity contribution >= 4 is 18.0 Å². The third-order valence-electron chi connectivity index (χ3n) is 6.17. The minimum atomic E-state index is -5.17. The molecule has 2 aromatic rings. The minimum absolute atomic E-state index is 0.139. The number of benzene rings is 2. The van der Waals surface area contributed by atoms with Gasteiger partial charge < -0.3 is 20.5 Å². The van der Waals surface area contributed by atoms with Gasteiger partial charge in [-0.3, -0.25) is 4.79 Å². The van der Waals surface area contributed by atoms with Gasteiger partial charge in [-0.2, -0.15) is 13.2 Å². The maximum Gasteiger partial charge on any atom is 0.417 e. The molecule has 0 bridgehead atoms. The highest BCUT2D eigenvalue weighted by atomic mass is 19.4. The molecule has 0 heterocycles. The van der Waals surface area contributed by atoms with E-state index in [1.165, 1.54) is 13.8 Å². The first kappa shape index (κ1) is 25.1. The Labute approximate surface area is 194 Å². The van der Waals surface area contributed by atoms with Gasteiger partial charge in [-0.05, 0) is 35.1 Å². The first-order chi connectivity index (χ1) is 16.0. The molecule has 0 saturated carbocycles. The molecule has 0 fully saturated rings. The Morgan fingerprint density at radius 1 is 0.971 bits per heavy atom.